The first-order valence-corrected chi connectivity index (χ1v) is 4.42. The van der Waals surface area contributed by atoms with Crippen molar-refractivity contribution in [2.24, 2.45) is 5.92 Å². The zero-order valence-electron chi connectivity index (χ0n) is 7.50. The molecule has 4 N–H and O–H groups in total. The molecule has 0 radical (unpaired) electrons. The third kappa shape index (κ3) is 2.00. The molecule has 1 heterocycles. The van der Waals surface area contributed by atoms with Gasteiger partial charge in [0, 0.05) is 5.92 Å². The van der Waals surface area contributed by atoms with Crippen LogP contribution in [0.1, 0.15) is 13.3 Å². The lowest BCUT2D eigenvalue weighted by atomic mass is 9.89. The van der Waals surface area contributed by atoms with E-state index in [4.69, 9.17) is 9.84 Å². The average Bonchev–Trinajstić information content (AvgIpc) is 2.12. The molecule has 0 amide bonds. The van der Waals surface area contributed by atoms with Gasteiger partial charge >= 0.3 is 0 Å². The van der Waals surface area contributed by atoms with E-state index in [1.807, 2.05) is 0 Å². The first kappa shape index (κ1) is 10.9. The molecule has 13 heavy (non-hydrogen) atoms. The molecule has 3 unspecified atom stereocenters. The number of aliphatic hydroxyl groups is 4. The fourth-order valence-corrected chi connectivity index (χ4v) is 1.60. The Bertz CT molecular complexity index is 163. The van der Waals surface area contributed by atoms with Crippen molar-refractivity contribution in [1.82, 2.24) is 0 Å². The van der Waals surface area contributed by atoms with Crippen LogP contribution in [0, 0.1) is 5.92 Å². The SMILES string of the molecule is CCC1C(O)OC(CO)[C@@H](O)[C@H]1O. The summed E-state index contributed by atoms with van der Waals surface area (Å²) in [5.41, 5.74) is 0. The van der Waals surface area contributed by atoms with E-state index in [1.165, 1.54) is 0 Å². The molecule has 5 heteroatoms. The molecule has 1 fully saturated rings. The van der Waals surface area contributed by atoms with Crippen molar-refractivity contribution >= 4 is 0 Å². The largest absolute Gasteiger partial charge is 0.394 e. The van der Waals surface area contributed by atoms with E-state index in [9.17, 15) is 15.3 Å². The van der Waals surface area contributed by atoms with Crippen LogP contribution in [0.25, 0.3) is 0 Å². The summed E-state index contributed by atoms with van der Waals surface area (Å²) in [6.07, 6.45) is -3.66. The lowest BCUT2D eigenvalue weighted by molar-refractivity contribution is -0.270. The van der Waals surface area contributed by atoms with Crippen molar-refractivity contribution in [3.8, 4) is 0 Å². The van der Waals surface area contributed by atoms with E-state index in [1.54, 1.807) is 6.92 Å². The van der Waals surface area contributed by atoms with Crippen molar-refractivity contribution < 1.29 is 25.2 Å². The van der Waals surface area contributed by atoms with Gasteiger partial charge < -0.3 is 25.2 Å². The van der Waals surface area contributed by atoms with Crippen LogP contribution in [0.4, 0.5) is 0 Å². The summed E-state index contributed by atoms with van der Waals surface area (Å²) in [6.45, 7) is 1.37. The highest BCUT2D eigenvalue weighted by molar-refractivity contribution is 4.87. The van der Waals surface area contributed by atoms with Crippen LogP contribution < -0.4 is 0 Å². The van der Waals surface area contributed by atoms with Crippen LogP contribution >= 0.6 is 0 Å². The molecule has 0 aromatic carbocycles. The molecule has 5 atom stereocenters. The molecule has 5 nitrogen and oxygen atoms in total. The molecule has 0 spiro atoms. The maximum Gasteiger partial charge on any atom is 0.160 e. The first-order valence-electron chi connectivity index (χ1n) is 4.42. The van der Waals surface area contributed by atoms with Crippen molar-refractivity contribution in [3.63, 3.8) is 0 Å². The second kappa shape index (κ2) is 4.34. The second-order valence-electron chi connectivity index (χ2n) is 3.30. The van der Waals surface area contributed by atoms with E-state index in [2.05, 4.69) is 0 Å². The van der Waals surface area contributed by atoms with Gasteiger partial charge in [0.1, 0.15) is 12.2 Å². The first-order chi connectivity index (χ1) is 6.11. The number of ether oxygens (including phenoxy) is 1. The van der Waals surface area contributed by atoms with Gasteiger partial charge in [0.25, 0.3) is 0 Å². The van der Waals surface area contributed by atoms with E-state index in [-0.39, 0.29) is 0 Å². The van der Waals surface area contributed by atoms with Gasteiger partial charge in [-0.15, -0.1) is 0 Å². The van der Waals surface area contributed by atoms with Gasteiger partial charge in [0.15, 0.2) is 6.29 Å². The maximum absolute atomic E-state index is 9.51. The average molecular weight is 192 g/mol. The Balaban J connectivity index is 2.66. The monoisotopic (exact) mass is 192 g/mol. The molecule has 78 valence electrons. The lowest BCUT2D eigenvalue weighted by Crippen LogP contribution is -2.55. The third-order valence-electron chi connectivity index (χ3n) is 2.50. The van der Waals surface area contributed by atoms with Crippen molar-refractivity contribution in [1.29, 1.82) is 0 Å². The summed E-state index contributed by atoms with van der Waals surface area (Å²) in [5.74, 6) is -0.488. The van der Waals surface area contributed by atoms with Gasteiger partial charge in [-0.2, -0.15) is 0 Å². The minimum absolute atomic E-state index is 0.411. The summed E-state index contributed by atoms with van der Waals surface area (Å²) in [5, 5.41) is 37.0. The molecular weight excluding hydrogens is 176 g/mol. The third-order valence-corrected chi connectivity index (χ3v) is 2.50. The fourth-order valence-electron chi connectivity index (χ4n) is 1.60. The van der Waals surface area contributed by atoms with Gasteiger partial charge in [-0.25, -0.2) is 0 Å². The Kier molecular flexibility index (Phi) is 3.63. The highest BCUT2D eigenvalue weighted by atomic mass is 16.6. The molecule has 1 aliphatic rings. The minimum atomic E-state index is -1.13. The van der Waals surface area contributed by atoms with Crippen LogP contribution in [0.3, 0.4) is 0 Å². The quantitative estimate of drug-likeness (QED) is 0.425. The van der Waals surface area contributed by atoms with Gasteiger partial charge in [-0.3, -0.25) is 0 Å². The number of rotatable bonds is 2. The van der Waals surface area contributed by atoms with Gasteiger partial charge in [-0.05, 0) is 6.42 Å². The maximum atomic E-state index is 9.51. The molecular formula is C8H16O5. The van der Waals surface area contributed by atoms with E-state index in [0.29, 0.717) is 6.42 Å². The van der Waals surface area contributed by atoms with Gasteiger partial charge in [-0.1, -0.05) is 6.92 Å². The topological polar surface area (TPSA) is 90.2 Å². The van der Waals surface area contributed by atoms with Gasteiger partial charge in [0.05, 0.1) is 12.7 Å². The number of aliphatic hydroxyl groups excluding tert-OH is 4. The van der Waals surface area contributed by atoms with Gasteiger partial charge in [0.2, 0.25) is 0 Å². The minimum Gasteiger partial charge on any atom is -0.394 e. The van der Waals surface area contributed by atoms with Crippen LogP contribution in [-0.4, -0.2) is 51.6 Å². The predicted molar refractivity (Wildman–Crippen MR) is 43.8 cm³/mol. The normalized spacial score (nSPS) is 46.4. The highest BCUT2D eigenvalue weighted by Crippen LogP contribution is 2.26. The van der Waals surface area contributed by atoms with Crippen molar-refractivity contribution in [2.75, 3.05) is 6.61 Å². The Morgan fingerprint density at radius 3 is 2.23 bits per heavy atom. The second-order valence-corrected chi connectivity index (χ2v) is 3.30. The number of hydrogen-bond acceptors (Lipinski definition) is 5. The van der Waals surface area contributed by atoms with E-state index >= 15 is 0 Å². The lowest BCUT2D eigenvalue weighted by Gasteiger charge is -2.39. The van der Waals surface area contributed by atoms with Crippen molar-refractivity contribution in [2.45, 2.75) is 37.9 Å². The number of hydrogen-bond donors (Lipinski definition) is 4. The Hall–Kier alpha value is -0.200. The Morgan fingerprint density at radius 1 is 1.15 bits per heavy atom. The predicted octanol–water partition coefficient (Wildman–Crippen LogP) is -1.56. The van der Waals surface area contributed by atoms with Crippen LogP contribution in [-0.2, 0) is 4.74 Å². The molecule has 0 saturated carbocycles. The molecule has 1 aliphatic heterocycles. The Morgan fingerprint density at radius 2 is 1.77 bits per heavy atom. The summed E-state index contributed by atoms with van der Waals surface area (Å²) < 4.78 is 4.92. The summed E-state index contributed by atoms with van der Waals surface area (Å²) in [7, 11) is 0. The van der Waals surface area contributed by atoms with E-state index < -0.39 is 37.1 Å². The fraction of sp³-hybridized carbons (Fsp3) is 1.00. The highest BCUT2D eigenvalue weighted by Gasteiger charge is 2.42. The van der Waals surface area contributed by atoms with Crippen LogP contribution in [0.2, 0.25) is 0 Å². The summed E-state index contributed by atoms with van der Waals surface area (Å²) in [6, 6.07) is 0. The molecule has 0 aromatic rings. The standard InChI is InChI=1S/C8H16O5/c1-2-4-6(10)7(11)5(3-9)13-8(4)12/h4-12H,2-3H2,1H3/t4?,5?,6-,7+,8?/m0/s1. The molecule has 0 aliphatic carbocycles. The molecule has 1 rings (SSSR count). The zero-order chi connectivity index (χ0) is 10.0. The summed E-state index contributed by atoms with van der Waals surface area (Å²) >= 11 is 0. The molecule has 1 saturated heterocycles. The molecule has 0 aromatic heterocycles. The van der Waals surface area contributed by atoms with Crippen LogP contribution in [0.5, 0.6) is 0 Å². The van der Waals surface area contributed by atoms with E-state index in [0.717, 1.165) is 0 Å². The Labute approximate surface area is 76.6 Å². The summed E-state index contributed by atoms with van der Waals surface area (Å²) in [4.78, 5) is 0. The smallest absolute Gasteiger partial charge is 0.160 e. The zero-order valence-corrected chi connectivity index (χ0v) is 7.50. The van der Waals surface area contributed by atoms with Crippen molar-refractivity contribution in [3.05, 3.63) is 0 Å². The molecule has 0 bridgehead atoms. The van der Waals surface area contributed by atoms with Crippen LogP contribution in [0.15, 0.2) is 0 Å².